The number of hydrogen-bond acceptors (Lipinski definition) is 4. The molecule has 2 saturated heterocycles. The number of benzene rings is 1. The molecule has 6 nitrogen and oxygen atoms in total. The van der Waals surface area contributed by atoms with Crippen LogP contribution in [0.3, 0.4) is 0 Å². The minimum atomic E-state index is -0.435. The van der Waals surface area contributed by atoms with Gasteiger partial charge in [0.2, 0.25) is 17.7 Å². The zero-order valence-corrected chi connectivity index (χ0v) is 17.7. The maximum absolute atomic E-state index is 13.0. The Balaban J connectivity index is 1.37. The Morgan fingerprint density at radius 1 is 1.03 bits per heavy atom. The van der Waals surface area contributed by atoms with Gasteiger partial charge in [0.05, 0.1) is 17.9 Å². The van der Waals surface area contributed by atoms with E-state index in [1.54, 1.807) is 0 Å². The van der Waals surface area contributed by atoms with E-state index in [2.05, 4.69) is 4.90 Å². The fourth-order valence-corrected chi connectivity index (χ4v) is 5.82. The van der Waals surface area contributed by atoms with Gasteiger partial charge in [-0.15, -0.1) is 0 Å². The van der Waals surface area contributed by atoms with Gasteiger partial charge < -0.3 is 5.73 Å². The van der Waals surface area contributed by atoms with Crippen molar-refractivity contribution in [3.8, 4) is 0 Å². The Kier molecular flexibility index (Phi) is 6.23. The van der Waals surface area contributed by atoms with Crippen LogP contribution in [0.25, 0.3) is 0 Å². The molecule has 1 aromatic rings. The Bertz CT molecular complexity index is 780. The number of carbonyl (C=O) groups is 3. The summed E-state index contributed by atoms with van der Waals surface area (Å²) in [5.74, 6) is 0.0293. The topological polar surface area (TPSA) is 83.7 Å². The first-order valence-corrected chi connectivity index (χ1v) is 11.4. The van der Waals surface area contributed by atoms with Crippen molar-refractivity contribution in [1.29, 1.82) is 0 Å². The van der Waals surface area contributed by atoms with Crippen LogP contribution >= 0.6 is 0 Å². The van der Waals surface area contributed by atoms with Crippen LogP contribution in [0.2, 0.25) is 0 Å². The number of likely N-dealkylation sites (tertiary alicyclic amines) is 2. The normalized spacial score (nSPS) is 25.6. The Labute approximate surface area is 178 Å². The van der Waals surface area contributed by atoms with Gasteiger partial charge in [-0.3, -0.25) is 24.2 Å². The molecule has 3 fully saturated rings. The predicted molar refractivity (Wildman–Crippen MR) is 114 cm³/mol. The number of carbonyl (C=O) groups excluding carboxylic acids is 3. The highest BCUT2D eigenvalue weighted by molar-refractivity contribution is 6.05. The Morgan fingerprint density at radius 2 is 1.70 bits per heavy atom. The fraction of sp³-hybridized carbons (Fsp3) is 0.625. The number of imide groups is 1. The van der Waals surface area contributed by atoms with Gasteiger partial charge >= 0.3 is 0 Å². The van der Waals surface area contributed by atoms with Crippen LogP contribution in [0.15, 0.2) is 30.3 Å². The van der Waals surface area contributed by atoms with Gasteiger partial charge in [0.15, 0.2) is 0 Å². The third kappa shape index (κ3) is 4.02. The molecular weight excluding hydrogens is 378 g/mol. The van der Waals surface area contributed by atoms with Gasteiger partial charge in [-0.05, 0) is 56.7 Å². The lowest BCUT2D eigenvalue weighted by Gasteiger charge is -2.46. The molecule has 0 bridgehead atoms. The molecule has 6 heteroatoms. The number of piperidine rings is 1. The summed E-state index contributed by atoms with van der Waals surface area (Å²) in [5, 5.41) is 0. The minimum Gasteiger partial charge on any atom is -0.369 e. The van der Waals surface area contributed by atoms with Crippen LogP contribution < -0.4 is 5.73 Å². The van der Waals surface area contributed by atoms with Crippen LogP contribution in [0.1, 0.15) is 56.9 Å². The van der Waals surface area contributed by atoms with E-state index in [-0.39, 0.29) is 30.2 Å². The van der Waals surface area contributed by atoms with Crippen LogP contribution in [0, 0.1) is 11.3 Å². The molecular formula is C24H33N3O3. The van der Waals surface area contributed by atoms with Gasteiger partial charge in [-0.25, -0.2) is 0 Å². The van der Waals surface area contributed by atoms with Crippen LogP contribution in [-0.2, 0) is 20.8 Å². The summed E-state index contributed by atoms with van der Waals surface area (Å²) in [7, 11) is 0. The summed E-state index contributed by atoms with van der Waals surface area (Å²) < 4.78 is 0. The minimum absolute atomic E-state index is 0.0832. The monoisotopic (exact) mass is 411 g/mol. The first-order valence-electron chi connectivity index (χ1n) is 11.4. The average molecular weight is 412 g/mol. The molecule has 0 spiro atoms. The van der Waals surface area contributed by atoms with Crippen molar-refractivity contribution < 1.29 is 14.4 Å². The molecule has 1 aromatic carbocycles. The highest BCUT2D eigenvalue weighted by Gasteiger charge is 2.49. The van der Waals surface area contributed by atoms with Gasteiger partial charge in [-0.1, -0.05) is 49.6 Å². The van der Waals surface area contributed by atoms with Gasteiger partial charge in [0.25, 0.3) is 0 Å². The van der Waals surface area contributed by atoms with Crippen LogP contribution in [0.4, 0.5) is 0 Å². The predicted octanol–water partition coefficient (Wildman–Crippen LogP) is 2.50. The largest absolute Gasteiger partial charge is 0.369 e. The smallest absolute Gasteiger partial charge is 0.247 e. The van der Waals surface area contributed by atoms with E-state index in [4.69, 9.17) is 5.73 Å². The second-order valence-electron chi connectivity index (χ2n) is 9.23. The molecule has 4 rings (SSSR count). The third-order valence-corrected chi connectivity index (χ3v) is 7.70. The molecule has 1 saturated carbocycles. The van der Waals surface area contributed by atoms with Gasteiger partial charge in [0, 0.05) is 6.54 Å². The van der Waals surface area contributed by atoms with Crippen molar-refractivity contribution in [3.63, 3.8) is 0 Å². The van der Waals surface area contributed by atoms with Crippen LogP contribution in [-0.4, -0.2) is 53.2 Å². The molecule has 1 aliphatic carbocycles. The highest BCUT2D eigenvalue weighted by Crippen LogP contribution is 2.46. The lowest BCUT2D eigenvalue weighted by Crippen LogP contribution is -2.54. The molecule has 30 heavy (non-hydrogen) atoms. The summed E-state index contributed by atoms with van der Waals surface area (Å²) in [4.78, 5) is 41.6. The van der Waals surface area contributed by atoms with E-state index in [9.17, 15) is 14.4 Å². The number of nitrogens with zero attached hydrogens (tertiary/aromatic N) is 2. The number of primary amides is 1. The van der Waals surface area contributed by atoms with Crippen molar-refractivity contribution in [2.45, 2.75) is 63.8 Å². The average Bonchev–Trinajstić information content (AvgIpc) is 3.07. The quantitative estimate of drug-likeness (QED) is 0.729. The van der Waals surface area contributed by atoms with Crippen molar-refractivity contribution in [1.82, 2.24) is 9.80 Å². The summed E-state index contributed by atoms with van der Waals surface area (Å²) in [6, 6.07) is 9.55. The number of amides is 3. The van der Waals surface area contributed by atoms with Crippen LogP contribution in [0.5, 0.6) is 0 Å². The second kappa shape index (κ2) is 8.88. The highest BCUT2D eigenvalue weighted by atomic mass is 16.2. The molecule has 2 N–H and O–H groups in total. The van der Waals surface area contributed by atoms with E-state index >= 15 is 0 Å². The molecule has 0 aromatic heterocycles. The lowest BCUT2D eigenvalue weighted by molar-refractivity contribution is -0.140. The summed E-state index contributed by atoms with van der Waals surface area (Å²) in [6.07, 6.45) is 8.09. The molecule has 3 aliphatic rings. The number of hydrogen-bond donors (Lipinski definition) is 1. The summed E-state index contributed by atoms with van der Waals surface area (Å²) in [5.41, 5.74) is 6.60. The maximum atomic E-state index is 13.0. The summed E-state index contributed by atoms with van der Waals surface area (Å²) >= 11 is 0. The maximum Gasteiger partial charge on any atom is 0.247 e. The number of nitrogens with two attached hydrogens (primary N) is 1. The van der Waals surface area contributed by atoms with E-state index in [0.717, 1.165) is 18.4 Å². The van der Waals surface area contributed by atoms with Gasteiger partial charge in [0.1, 0.15) is 0 Å². The molecule has 2 aliphatic heterocycles. The molecule has 1 atom stereocenters. The molecule has 0 unspecified atom stereocenters. The van der Waals surface area contributed by atoms with E-state index < -0.39 is 5.41 Å². The van der Waals surface area contributed by atoms with Crippen molar-refractivity contribution >= 4 is 17.7 Å². The Morgan fingerprint density at radius 3 is 2.33 bits per heavy atom. The molecule has 2 heterocycles. The zero-order chi connectivity index (χ0) is 21.1. The molecule has 3 amide bonds. The Hall–Kier alpha value is -2.21. The third-order valence-electron chi connectivity index (χ3n) is 7.70. The standard InChI is InChI=1S/C24H33N3O3/c25-23(30)24(19-9-5-2-6-10-19)12-15-26(16-13-24)20-17-21(28)27(22(20)29)14-11-18-7-3-1-4-8-18/h1,3-4,7-8,19-20H,2,5-6,9-17H2,(H2,25,30)/t20-/m1/s1. The van der Waals surface area contributed by atoms with Gasteiger partial charge in [-0.2, -0.15) is 0 Å². The van der Waals surface area contributed by atoms with E-state index in [1.165, 1.54) is 24.2 Å². The van der Waals surface area contributed by atoms with Crippen molar-refractivity contribution in [2.75, 3.05) is 19.6 Å². The first-order chi connectivity index (χ1) is 14.5. The molecule has 162 valence electrons. The SMILES string of the molecule is NC(=O)C1(C2CCCCC2)CCN([C@@H]2CC(=O)N(CCc3ccccc3)C2=O)CC1. The molecule has 0 radical (unpaired) electrons. The van der Waals surface area contributed by atoms with E-state index in [0.29, 0.717) is 44.8 Å². The van der Waals surface area contributed by atoms with Crippen molar-refractivity contribution in [3.05, 3.63) is 35.9 Å². The fourth-order valence-electron chi connectivity index (χ4n) is 5.82. The van der Waals surface area contributed by atoms with Crippen molar-refractivity contribution in [2.24, 2.45) is 17.1 Å². The van der Waals surface area contributed by atoms with E-state index in [1.807, 2.05) is 30.3 Å². The number of rotatable bonds is 6. The zero-order valence-electron chi connectivity index (χ0n) is 17.7. The summed E-state index contributed by atoms with van der Waals surface area (Å²) in [6.45, 7) is 1.75. The second-order valence-corrected chi connectivity index (χ2v) is 9.23. The first kappa shape index (κ1) is 21.0. The lowest BCUT2D eigenvalue weighted by atomic mass is 9.63.